The zero-order chi connectivity index (χ0) is 22.7. The summed E-state index contributed by atoms with van der Waals surface area (Å²) in [6.07, 6.45) is 4.13. The lowest BCUT2D eigenvalue weighted by atomic mass is 9.96. The van der Waals surface area contributed by atoms with Gasteiger partial charge in [-0.3, -0.25) is 4.79 Å². The Morgan fingerprint density at radius 1 is 1.38 bits per heavy atom. The molecule has 0 unspecified atom stereocenters. The SMILES string of the molecule is Cc1cc(OCc2nnc(SCC(=O)Nc3sc4c(c3C#N)CCCC4)n2C)ccc1Cl. The van der Waals surface area contributed by atoms with Crippen LogP contribution < -0.4 is 10.1 Å². The molecule has 3 aromatic rings. The number of fused-ring (bicyclic) bond motifs is 1. The highest BCUT2D eigenvalue weighted by molar-refractivity contribution is 7.99. The molecule has 2 heterocycles. The number of aryl methyl sites for hydroxylation is 2. The molecule has 2 aromatic heterocycles. The van der Waals surface area contributed by atoms with Crippen molar-refractivity contribution in [1.82, 2.24) is 14.8 Å². The van der Waals surface area contributed by atoms with Gasteiger partial charge in [-0.05, 0) is 61.9 Å². The van der Waals surface area contributed by atoms with Gasteiger partial charge < -0.3 is 14.6 Å². The van der Waals surface area contributed by atoms with Crippen LogP contribution >= 0.6 is 34.7 Å². The number of anilines is 1. The number of carbonyl (C=O) groups is 1. The molecule has 0 radical (unpaired) electrons. The first kappa shape index (κ1) is 22.6. The van der Waals surface area contributed by atoms with Crippen molar-refractivity contribution in [2.75, 3.05) is 11.1 Å². The molecule has 32 heavy (non-hydrogen) atoms. The number of nitriles is 1. The number of hydrogen-bond donors (Lipinski definition) is 1. The fraction of sp³-hybridized carbons (Fsp3) is 0.364. The first-order valence-electron chi connectivity index (χ1n) is 10.2. The summed E-state index contributed by atoms with van der Waals surface area (Å²) in [4.78, 5) is 13.8. The smallest absolute Gasteiger partial charge is 0.235 e. The molecular weight excluding hydrogens is 466 g/mol. The summed E-state index contributed by atoms with van der Waals surface area (Å²) in [6.45, 7) is 2.17. The highest BCUT2D eigenvalue weighted by atomic mass is 35.5. The van der Waals surface area contributed by atoms with Crippen LogP contribution in [-0.4, -0.2) is 26.4 Å². The Labute approximate surface area is 199 Å². The van der Waals surface area contributed by atoms with Crippen LogP contribution in [0.1, 0.15) is 40.2 Å². The lowest BCUT2D eigenvalue weighted by Gasteiger charge is -2.09. The van der Waals surface area contributed by atoms with Crippen molar-refractivity contribution in [3.8, 4) is 11.8 Å². The van der Waals surface area contributed by atoms with E-state index in [9.17, 15) is 10.1 Å². The number of halogens is 1. The van der Waals surface area contributed by atoms with Crippen LogP contribution in [0.5, 0.6) is 5.75 Å². The van der Waals surface area contributed by atoms with E-state index in [4.69, 9.17) is 16.3 Å². The molecule has 1 amide bonds. The van der Waals surface area contributed by atoms with Gasteiger partial charge in [0.25, 0.3) is 0 Å². The molecule has 1 aliphatic carbocycles. The van der Waals surface area contributed by atoms with Crippen LogP contribution in [0.4, 0.5) is 5.00 Å². The second-order valence-corrected chi connectivity index (χ2v) is 9.98. The Morgan fingerprint density at radius 3 is 2.97 bits per heavy atom. The maximum atomic E-state index is 12.5. The summed E-state index contributed by atoms with van der Waals surface area (Å²) in [5, 5.41) is 22.8. The molecule has 0 spiro atoms. The summed E-state index contributed by atoms with van der Waals surface area (Å²) in [5.41, 5.74) is 2.68. The molecule has 0 atom stereocenters. The summed E-state index contributed by atoms with van der Waals surface area (Å²) < 4.78 is 7.60. The van der Waals surface area contributed by atoms with Crippen molar-refractivity contribution < 1.29 is 9.53 Å². The van der Waals surface area contributed by atoms with Crippen molar-refractivity contribution in [3.05, 3.63) is 50.6 Å². The predicted octanol–water partition coefficient (Wildman–Crippen LogP) is 4.90. The number of aromatic nitrogens is 3. The van der Waals surface area contributed by atoms with Gasteiger partial charge in [-0.15, -0.1) is 21.5 Å². The van der Waals surface area contributed by atoms with Crippen LogP contribution in [0.25, 0.3) is 0 Å². The first-order chi connectivity index (χ1) is 15.5. The van der Waals surface area contributed by atoms with Crippen molar-refractivity contribution >= 4 is 45.6 Å². The van der Waals surface area contributed by atoms with E-state index in [1.54, 1.807) is 6.07 Å². The number of benzene rings is 1. The van der Waals surface area contributed by atoms with Crippen LogP contribution in [-0.2, 0) is 31.3 Å². The number of ether oxygens (including phenoxy) is 1. The second-order valence-electron chi connectivity index (χ2n) is 7.52. The summed E-state index contributed by atoms with van der Waals surface area (Å²) in [5.74, 6) is 1.37. The van der Waals surface area contributed by atoms with Gasteiger partial charge in [-0.25, -0.2) is 0 Å². The number of nitrogens with zero attached hydrogens (tertiary/aromatic N) is 4. The van der Waals surface area contributed by atoms with E-state index in [1.165, 1.54) is 28.0 Å². The number of thioether (sulfide) groups is 1. The first-order valence-corrected chi connectivity index (χ1v) is 12.4. The quantitative estimate of drug-likeness (QED) is 0.476. The molecule has 0 saturated carbocycles. The predicted molar refractivity (Wildman–Crippen MR) is 127 cm³/mol. The van der Waals surface area contributed by atoms with Gasteiger partial charge in [0.15, 0.2) is 11.0 Å². The lowest BCUT2D eigenvalue weighted by Crippen LogP contribution is -2.14. The third-order valence-electron chi connectivity index (χ3n) is 5.29. The number of amides is 1. The van der Waals surface area contributed by atoms with Crippen molar-refractivity contribution in [3.63, 3.8) is 0 Å². The Balaban J connectivity index is 1.34. The Hall–Kier alpha value is -2.54. The largest absolute Gasteiger partial charge is 0.486 e. The molecule has 0 fully saturated rings. The molecule has 1 N–H and O–H groups in total. The van der Waals surface area contributed by atoms with Crippen LogP contribution in [0.3, 0.4) is 0 Å². The molecule has 166 valence electrons. The van der Waals surface area contributed by atoms with Crippen molar-refractivity contribution in [2.24, 2.45) is 7.05 Å². The molecule has 7 nitrogen and oxygen atoms in total. The average Bonchev–Trinajstić information content (AvgIpc) is 3.32. The van der Waals surface area contributed by atoms with Gasteiger partial charge >= 0.3 is 0 Å². The minimum atomic E-state index is -0.164. The molecule has 1 aromatic carbocycles. The summed E-state index contributed by atoms with van der Waals surface area (Å²) in [6, 6.07) is 7.75. The Morgan fingerprint density at radius 2 is 2.19 bits per heavy atom. The number of thiophene rings is 1. The van der Waals surface area contributed by atoms with E-state index in [2.05, 4.69) is 21.6 Å². The van der Waals surface area contributed by atoms with Gasteiger partial charge in [0.1, 0.15) is 23.4 Å². The summed E-state index contributed by atoms with van der Waals surface area (Å²) in [7, 11) is 1.84. The molecule has 4 rings (SSSR count). The third kappa shape index (κ3) is 4.93. The van der Waals surface area contributed by atoms with Gasteiger partial charge in [-0.2, -0.15) is 5.26 Å². The van der Waals surface area contributed by atoms with Crippen LogP contribution in [0.15, 0.2) is 23.4 Å². The van der Waals surface area contributed by atoms with Crippen molar-refractivity contribution in [2.45, 2.75) is 44.4 Å². The molecule has 0 aliphatic heterocycles. The van der Waals surface area contributed by atoms with Crippen LogP contribution in [0, 0.1) is 18.3 Å². The van der Waals surface area contributed by atoms with E-state index >= 15 is 0 Å². The Bertz CT molecular complexity index is 1200. The van der Waals surface area contributed by atoms with Crippen molar-refractivity contribution in [1.29, 1.82) is 5.26 Å². The number of carbonyl (C=O) groups excluding carboxylic acids is 1. The van der Waals surface area contributed by atoms with Gasteiger partial charge in [0, 0.05) is 16.9 Å². The molecule has 1 aliphatic rings. The normalized spacial score (nSPS) is 12.8. The highest BCUT2D eigenvalue weighted by Gasteiger charge is 2.22. The number of nitrogens with one attached hydrogen (secondary N) is 1. The van der Waals surface area contributed by atoms with Gasteiger partial charge in [-0.1, -0.05) is 23.4 Å². The Kier molecular flexibility index (Phi) is 7.04. The van der Waals surface area contributed by atoms with Gasteiger partial charge in [0.05, 0.1) is 11.3 Å². The van der Waals surface area contributed by atoms with Crippen LogP contribution in [0.2, 0.25) is 5.02 Å². The summed E-state index contributed by atoms with van der Waals surface area (Å²) >= 11 is 8.87. The topological polar surface area (TPSA) is 92.8 Å². The minimum absolute atomic E-state index is 0.164. The third-order valence-corrected chi connectivity index (χ3v) is 7.94. The molecular formula is C22H22ClN5O2S2. The van der Waals surface area contributed by atoms with E-state index in [1.807, 2.05) is 30.7 Å². The average molecular weight is 488 g/mol. The zero-order valence-electron chi connectivity index (χ0n) is 17.8. The maximum absolute atomic E-state index is 12.5. The highest BCUT2D eigenvalue weighted by Crippen LogP contribution is 2.37. The minimum Gasteiger partial charge on any atom is -0.486 e. The fourth-order valence-corrected chi connectivity index (χ4v) is 5.62. The fourth-order valence-electron chi connectivity index (χ4n) is 3.52. The maximum Gasteiger partial charge on any atom is 0.235 e. The molecule has 0 saturated heterocycles. The monoisotopic (exact) mass is 487 g/mol. The van der Waals surface area contributed by atoms with E-state index in [0.717, 1.165) is 36.8 Å². The van der Waals surface area contributed by atoms with E-state index < -0.39 is 0 Å². The zero-order valence-corrected chi connectivity index (χ0v) is 20.2. The molecule has 10 heteroatoms. The van der Waals surface area contributed by atoms with Gasteiger partial charge in [0.2, 0.25) is 5.91 Å². The standard InChI is InChI=1S/C22H22ClN5O2S2/c1-13-9-14(7-8-17(13)23)30-11-19-26-27-22(28(19)2)31-12-20(29)25-21-16(10-24)15-5-3-4-6-18(15)32-21/h7-9H,3-6,11-12H2,1-2H3,(H,25,29). The van der Waals surface area contributed by atoms with E-state index in [0.29, 0.717) is 32.3 Å². The molecule has 0 bridgehead atoms. The second kappa shape index (κ2) is 9.94. The lowest BCUT2D eigenvalue weighted by molar-refractivity contribution is -0.113. The van der Waals surface area contributed by atoms with E-state index in [-0.39, 0.29) is 18.3 Å². The number of hydrogen-bond acceptors (Lipinski definition) is 7. The number of rotatable bonds is 7.